The lowest BCUT2D eigenvalue weighted by Gasteiger charge is -2.03. The van der Waals surface area contributed by atoms with E-state index in [1.54, 1.807) is 12.1 Å². The van der Waals surface area contributed by atoms with Crippen molar-refractivity contribution in [3.63, 3.8) is 0 Å². The van der Waals surface area contributed by atoms with Crippen LogP contribution in [0.25, 0.3) is 0 Å². The lowest BCUT2D eigenvalue weighted by atomic mass is 10.2. The summed E-state index contributed by atoms with van der Waals surface area (Å²) in [5, 5.41) is 0. The topological polar surface area (TPSA) is 9.23 Å². The van der Waals surface area contributed by atoms with Crippen LogP contribution in [0.3, 0.4) is 0 Å². The van der Waals surface area contributed by atoms with Crippen LogP contribution in [0, 0.1) is 11.9 Å². The molecule has 1 aromatic rings. The first kappa shape index (κ1) is 7.79. The minimum atomic E-state index is -0.388. The van der Waals surface area contributed by atoms with E-state index in [0.29, 0.717) is 5.56 Å². The molecule has 0 heterocycles. The second kappa shape index (κ2) is 3.19. The van der Waals surface area contributed by atoms with Gasteiger partial charge in [0.25, 0.3) is 0 Å². The molecule has 0 atom stereocenters. The van der Waals surface area contributed by atoms with Crippen LogP contribution in [0.2, 0.25) is 0 Å². The normalized spacial score (nSPS) is 9.27. The number of methoxy groups -OCH3 is 1. The Morgan fingerprint density at radius 3 is 2.73 bits per heavy atom. The van der Waals surface area contributed by atoms with Crippen molar-refractivity contribution in [3.05, 3.63) is 42.2 Å². The van der Waals surface area contributed by atoms with Crippen molar-refractivity contribution < 1.29 is 9.13 Å². The summed E-state index contributed by atoms with van der Waals surface area (Å²) in [6, 6.07) is 4.61. The van der Waals surface area contributed by atoms with E-state index in [0.717, 1.165) is 0 Å². The van der Waals surface area contributed by atoms with Crippen LogP contribution in [-0.2, 0) is 0 Å². The van der Waals surface area contributed by atoms with E-state index in [2.05, 4.69) is 12.7 Å². The first-order valence-corrected chi connectivity index (χ1v) is 3.15. The lowest BCUT2D eigenvalue weighted by Crippen LogP contribution is -1.90. The minimum absolute atomic E-state index is 0.197. The molecule has 0 N–H and O–H groups in total. The van der Waals surface area contributed by atoms with Gasteiger partial charge in [-0.3, -0.25) is 0 Å². The van der Waals surface area contributed by atoms with Crippen molar-refractivity contribution in [3.8, 4) is 5.75 Å². The number of para-hydroxylation sites is 1. The van der Waals surface area contributed by atoms with Crippen molar-refractivity contribution in [2.24, 2.45) is 0 Å². The second-order valence-corrected chi connectivity index (χ2v) is 2.00. The average Bonchev–Trinajstić information content (AvgIpc) is 2.04. The summed E-state index contributed by atoms with van der Waals surface area (Å²) in [4.78, 5) is 0. The average molecular weight is 151 g/mol. The van der Waals surface area contributed by atoms with Gasteiger partial charge >= 0.3 is 0 Å². The number of hydrogen-bond acceptors (Lipinski definition) is 1. The van der Waals surface area contributed by atoms with E-state index in [1.165, 1.54) is 13.2 Å². The molecule has 0 aromatic heterocycles. The number of benzene rings is 1. The van der Waals surface area contributed by atoms with Crippen molar-refractivity contribution >= 4 is 0 Å². The maximum atomic E-state index is 12.8. The molecule has 0 aliphatic heterocycles. The van der Waals surface area contributed by atoms with Crippen LogP contribution < -0.4 is 4.74 Å². The van der Waals surface area contributed by atoms with Gasteiger partial charge in [0.05, 0.1) is 7.11 Å². The van der Waals surface area contributed by atoms with Gasteiger partial charge in [-0.25, -0.2) is 4.39 Å². The van der Waals surface area contributed by atoms with Gasteiger partial charge in [-0.1, -0.05) is 18.7 Å². The third-order valence-corrected chi connectivity index (χ3v) is 1.36. The van der Waals surface area contributed by atoms with E-state index in [4.69, 9.17) is 4.74 Å². The molecule has 1 radical (unpaired) electrons. The van der Waals surface area contributed by atoms with Gasteiger partial charge in [0.15, 0.2) is 11.6 Å². The number of hydrogen-bond donors (Lipinski definition) is 0. The van der Waals surface area contributed by atoms with Crippen LogP contribution >= 0.6 is 0 Å². The quantitative estimate of drug-likeness (QED) is 0.629. The number of rotatable bonds is 2. The number of ether oxygens (including phenoxy) is 1. The largest absolute Gasteiger partial charge is 0.493 e. The summed E-state index contributed by atoms with van der Waals surface area (Å²) in [6.45, 7) is 3.41. The van der Waals surface area contributed by atoms with E-state index < -0.39 is 0 Å². The predicted molar refractivity (Wildman–Crippen MR) is 40.9 cm³/mol. The Balaban J connectivity index is 3.23. The van der Waals surface area contributed by atoms with Gasteiger partial charge < -0.3 is 4.74 Å². The Labute approximate surface area is 65.1 Å². The van der Waals surface area contributed by atoms with Gasteiger partial charge in [-0.05, 0) is 12.1 Å². The van der Waals surface area contributed by atoms with Crippen LogP contribution in [-0.4, -0.2) is 7.11 Å². The molecule has 1 aromatic carbocycles. The van der Waals surface area contributed by atoms with Gasteiger partial charge in [-0.15, -0.1) is 0 Å². The third kappa shape index (κ3) is 1.40. The first-order chi connectivity index (χ1) is 5.29. The summed E-state index contributed by atoms with van der Waals surface area (Å²) in [6.07, 6.45) is 2.57. The maximum absolute atomic E-state index is 12.8. The van der Waals surface area contributed by atoms with Gasteiger partial charge in [0, 0.05) is 5.56 Å². The van der Waals surface area contributed by atoms with Crippen molar-refractivity contribution in [2.45, 2.75) is 0 Å². The molecule has 2 heteroatoms. The van der Waals surface area contributed by atoms with Crippen LogP contribution in [0.1, 0.15) is 5.56 Å². The van der Waals surface area contributed by atoms with Gasteiger partial charge in [0.1, 0.15) is 0 Å². The lowest BCUT2D eigenvalue weighted by molar-refractivity contribution is 0.384. The van der Waals surface area contributed by atoms with Gasteiger partial charge in [-0.2, -0.15) is 0 Å². The summed E-state index contributed by atoms with van der Waals surface area (Å²) < 4.78 is 17.6. The summed E-state index contributed by atoms with van der Waals surface area (Å²) in [5.74, 6) is -0.191. The molecule has 1 rings (SSSR count). The van der Waals surface area contributed by atoms with Crippen molar-refractivity contribution in [1.82, 2.24) is 0 Å². The highest BCUT2D eigenvalue weighted by molar-refractivity contribution is 5.38. The number of halogens is 1. The zero-order valence-electron chi connectivity index (χ0n) is 6.23. The van der Waals surface area contributed by atoms with E-state index >= 15 is 0 Å². The molecule has 57 valence electrons. The summed E-state index contributed by atoms with van der Waals surface area (Å²) in [7, 11) is 1.42. The Kier molecular flexibility index (Phi) is 2.26. The highest BCUT2D eigenvalue weighted by Crippen LogP contribution is 2.21. The fourth-order valence-corrected chi connectivity index (χ4v) is 0.856. The molecule has 0 unspecified atom stereocenters. The van der Waals surface area contributed by atoms with E-state index in [-0.39, 0.29) is 11.6 Å². The Bertz CT molecular complexity index is 268. The molecule has 0 saturated carbocycles. The van der Waals surface area contributed by atoms with E-state index in [9.17, 15) is 4.39 Å². The molecule has 0 fully saturated rings. The molecule has 0 saturated heterocycles. The zero-order chi connectivity index (χ0) is 8.27. The Morgan fingerprint density at radius 1 is 1.55 bits per heavy atom. The summed E-state index contributed by atoms with van der Waals surface area (Å²) >= 11 is 0. The van der Waals surface area contributed by atoms with Crippen LogP contribution in [0.5, 0.6) is 5.75 Å². The SMILES string of the molecule is C=[C]c1cccc(F)c1OC. The predicted octanol–water partition coefficient (Wildman–Crippen LogP) is 2.17. The third-order valence-electron chi connectivity index (χ3n) is 1.36. The standard InChI is InChI=1S/C9H8FO/c1-3-7-5-4-6-8(10)9(7)11-2/h4-6H,1H2,2H3. The smallest absolute Gasteiger partial charge is 0.165 e. The maximum Gasteiger partial charge on any atom is 0.165 e. The summed E-state index contributed by atoms with van der Waals surface area (Å²) in [5.41, 5.74) is 0.549. The van der Waals surface area contributed by atoms with Crippen molar-refractivity contribution in [2.75, 3.05) is 7.11 Å². The minimum Gasteiger partial charge on any atom is -0.493 e. The Morgan fingerprint density at radius 2 is 2.27 bits per heavy atom. The molecule has 0 bridgehead atoms. The highest BCUT2D eigenvalue weighted by atomic mass is 19.1. The van der Waals surface area contributed by atoms with Crippen molar-refractivity contribution in [1.29, 1.82) is 0 Å². The molecule has 1 nitrogen and oxygen atoms in total. The zero-order valence-corrected chi connectivity index (χ0v) is 6.23. The molecule has 11 heavy (non-hydrogen) atoms. The Hall–Kier alpha value is -1.31. The molecular weight excluding hydrogens is 143 g/mol. The molecular formula is C9H8FO. The fraction of sp³-hybridized carbons (Fsp3) is 0.111. The van der Waals surface area contributed by atoms with Crippen LogP contribution in [0.4, 0.5) is 4.39 Å². The molecule has 0 aliphatic carbocycles. The molecule has 0 amide bonds. The monoisotopic (exact) mass is 151 g/mol. The molecule has 0 spiro atoms. The fourth-order valence-electron chi connectivity index (χ4n) is 0.856. The highest BCUT2D eigenvalue weighted by Gasteiger charge is 2.04. The van der Waals surface area contributed by atoms with E-state index in [1.807, 2.05) is 0 Å². The van der Waals surface area contributed by atoms with Gasteiger partial charge in [0.2, 0.25) is 0 Å². The van der Waals surface area contributed by atoms with Crippen LogP contribution in [0.15, 0.2) is 24.8 Å². The molecule has 0 aliphatic rings. The second-order valence-electron chi connectivity index (χ2n) is 2.00. The first-order valence-electron chi connectivity index (χ1n) is 3.15.